The van der Waals surface area contributed by atoms with Crippen LogP contribution in [-0.2, 0) is 11.2 Å². The third-order valence-electron chi connectivity index (χ3n) is 4.39. The second kappa shape index (κ2) is 5.29. The minimum atomic E-state index is -0.296. The Hall–Kier alpha value is -2.07. The molecule has 4 rings (SSSR count). The number of nitrogens with zero attached hydrogens (tertiary/aromatic N) is 1. The number of ether oxygens (including phenoxy) is 1. The Balaban J connectivity index is 1.56. The summed E-state index contributed by atoms with van der Waals surface area (Å²) in [6.07, 6.45) is 3.50. The van der Waals surface area contributed by atoms with Gasteiger partial charge in [0, 0.05) is 16.8 Å². The van der Waals surface area contributed by atoms with Gasteiger partial charge in [-0.3, -0.25) is 4.79 Å². The number of nitrogens with one attached hydrogen (secondary N) is 1. The summed E-state index contributed by atoms with van der Waals surface area (Å²) >= 11 is 6.30. The van der Waals surface area contributed by atoms with E-state index in [0.29, 0.717) is 12.5 Å². The number of benzene rings is 1. The molecular weight excluding hydrogens is 300 g/mol. The molecule has 0 saturated carbocycles. The number of aryl methyl sites for hydroxylation is 1. The molecule has 2 heterocycles. The highest BCUT2D eigenvalue weighted by Gasteiger charge is 2.34. The minimum absolute atomic E-state index is 0.0167. The maximum Gasteiger partial charge on any atom is 0.231 e. The molecule has 1 N–H and O–H groups in total. The van der Waals surface area contributed by atoms with Crippen LogP contribution in [0.15, 0.2) is 36.5 Å². The summed E-state index contributed by atoms with van der Waals surface area (Å²) in [6.45, 7) is 0.347. The van der Waals surface area contributed by atoms with Gasteiger partial charge in [0.1, 0.15) is 12.5 Å². The van der Waals surface area contributed by atoms with E-state index in [1.54, 1.807) is 6.20 Å². The maximum absolute atomic E-state index is 12.6. The van der Waals surface area contributed by atoms with Crippen LogP contribution in [0.5, 0.6) is 5.88 Å². The molecule has 0 bridgehead atoms. The Labute approximate surface area is 133 Å². The van der Waals surface area contributed by atoms with Crippen LogP contribution in [0, 0.1) is 0 Å². The van der Waals surface area contributed by atoms with Crippen LogP contribution in [0.1, 0.15) is 35.1 Å². The number of halogens is 1. The Morgan fingerprint density at radius 3 is 3.14 bits per heavy atom. The van der Waals surface area contributed by atoms with Crippen LogP contribution in [0.2, 0.25) is 5.02 Å². The molecule has 0 unspecified atom stereocenters. The van der Waals surface area contributed by atoms with Crippen molar-refractivity contribution in [2.24, 2.45) is 0 Å². The molecular formula is C17H15ClN2O2. The number of pyridine rings is 1. The molecule has 2 aliphatic rings. The molecule has 112 valence electrons. The van der Waals surface area contributed by atoms with Gasteiger partial charge in [0.25, 0.3) is 0 Å². The smallest absolute Gasteiger partial charge is 0.231 e. The summed E-state index contributed by atoms with van der Waals surface area (Å²) in [5.41, 5.74) is 3.14. The molecule has 4 nitrogen and oxygen atoms in total. The van der Waals surface area contributed by atoms with Crippen LogP contribution in [0.3, 0.4) is 0 Å². The molecule has 1 aromatic carbocycles. The van der Waals surface area contributed by atoms with E-state index >= 15 is 0 Å². The fraction of sp³-hybridized carbons (Fsp3) is 0.294. The highest BCUT2D eigenvalue weighted by molar-refractivity contribution is 6.31. The fourth-order valence-corrected chi connectivity index (χ4v) is 3.63. The van der Waals surface area contributed by atoms with Gasteiger partial charge in [-0.15, -0.1) is 0 Å². The first-order valence-corrected chi connectivity index (χ1v) is 7.77. The zero-order valence-electron chi connectivity index (χ0n) is 11.9. The predicted octanol–water partition coefficient (Wildman–Crippen LogP) is 3.01. The molecule has 5 heteroatoms. The second-order valence-electron chi connectivity index (χ2n) is 5.67. The first-order chi connectivity index (χ1) is 10.7. The minimum Gasteiger partial charge on any atom is -0.476 e. The van der Waals surface area contributed by atoms with E-state index < -0.39 is 0 Å². The SMILES string of the molecule is O=C(N[C@H]1CCc2cccc(Cl)c21)[C@@H]1COc2ncccc21. The van der Waals surface area contributed by atoms with Gasteiger partial charge < -0.3 is 10.1 Å². The van der Waals surface area contributed by atoms with Gasteiger partial charge in [-0.25, -0.2) is 4.98 Å². The number of rotatable bonds is 2. The number of carbonyl (C=O) groups excluding carboxylic acids is 1. The van der Waals surface area contributed by atoms with Crippen molar-refractivity contribution in [1.29, 1.82) is 0 Å². The number of fused-ring (bicyclic) bond motifs is 2. The molecule has 2 aromatic rings. The molecule has 1 aliphatic heterocycles. The van der Waals surface area contributed by atoms with Gasteiger partial charge in [0.15, 0.2) is 0 Å². The third kappa shape index (κ3) is 2.15. The molecule has 1 aliphatic carbocycles. The average Bonchev–Trinajstić information content (AvgIpc) is 3.12. The molecule has 0 spiro atoms. The van der Waals surface area contributed by atoms with Crippen molar-refractivity contribution in [3.05, 3.63) is 58.2 Å². The van der Waals surface area contributed by atoms with Crippen LogP contribution >= 0.6 is 11.6 Å². The van der Waals surface area contributed by atoms with Crippen molar-refractivity contribution >= 4 is 17.5 Å². The lowest BCUT2D eigenvalue weighted by molar-refractivity contribution is -0.123. The Kier molecular flexibility index (Phi) is 3.26. The lowest BCUT2D eigenvalue weighted by Crippen LogP contribution is -2.32. The van der Waals surface area contributed by atoms with E-state index in [1.807, 2.05) is 24.3 Å². The van der Waals surface area contributed by atoms with E-state index in [-0.39, 0.29) is 17.9 Å². The van der Waals surface area contributed by atoms with Crippen LogP contribution in [0.4, 0.5) is 0 Å². The van der Waals surface area contributed by atoms with Crippen LogP contribution in [0.25, 0.3) is 0 Å². The summed E-state index contributed by atoms with van der Waals surface area (Å²) in [7, 11) is 0. The number of carbonyl (C=O) groups is 1. The largest absolute Gasteiger partial charge is 0.476 e. The number of hydrogen-bond donors (Lipinski definition) is 1. The first kappa shape index (κ1) is 13.6. The van der Waals surface area contributed by atoms with Crippen molar-refractivity contribution in [2.45, 2.75) is 24.8 Å². The molecule has 1 aromatic heterocycles. The summed E-state index contributed by atoms with van der Waals surface area (Å²) in [5, 5.41) is 3.85. The highest BCUT2D eigenvalue weighted by Crippen LogP contribution is 2.38. The van der Waals surface area contributed by atoms with E-state index in [4.69, 9.17) is 16.3 Å². The normalized spacial score (nSPS) is 21.9. The molecule has 2 atom stereocenters. The van der Waals surface area contributed by atoms with Gasteiger partial charge in [0.05, 0.1) is 6.04 Å². The van der Waals surface area contributed by atoms with Gasteiger partial charge in [-0.1, -0.05) is 29.8 Å². The third-order valence-corrected chi connectivity index (χ3v) is 4.72. The molecule has 0 radical (unpaired) electrons. The zero-order chi connectivity index (χ0) is 15.1. The van der Waals surface area contributed by atoms with Crippen LogP contribution < -0.4 is 10.1 Å². The number of hydrogen-bond acceptors (Lipinski definition) is 3. The van der Waals surface area contributed by atoms with Crippen molar-refractivity contribution in [3.8, 4) is 5.88 Å². The van der Waals surface area contributed by atoms with Gasteiger partial charge in [0.2, 0.25) is 11.8 Å². The summed E-state index contributed by atoms with van der Waals surface area (Å²) < 4.78 is 5.49. The maximum atomic E-state index is 12.6. The predicted molar refractivity (Wildman–Crippen MR) is 83.1 cm³/mol. The van der Waals surface area contributed by atoms with Gasteiger partial charge in [-0.05, 0) is 36.1 Å². The van der Waals surface area contributed by atoms with Gasteiger partial charge in [-0.2, -0.15) is 0 Å². The molecule has 0 fully saturated rings. The topological polar surface area (TPSA) is 51.2 Å². The highest BCUT2D eigenvalue weighted by atomic mass is 35.5. The van der Waals surface area contributed by atoms with E-state index in [1.165, 1.54) is 5.56 Å². The lowest BCUT2D eigenvalue weighted by atomic mass is 10.0. The average molecular weight is 315 g/mol. The summed E-state index contributed by atoms with van der Waals surface area (Å²) in [5.74, 6) is 0.243. The monoisotopic (exact) mass is 314 g/mol. The molecule has 1 amide bonds. The van der Waals surface area contributed by atoms with E-state index in [2.05, 4.69) is 16.4 Å². The fourth-order valence-electron chi connectivity index (χ4n) is 3.31. The van der Waals surface area contributed by atoms with Crippen molar-refractivity contribution < 1.29 is 9.53 Å². The first-order valence-electron chi connectivity index (χ1n) is 7.39. The quantitative estimate of drug-likeness (QED) is 0.927. The second-order valence-corrected chi connectivity index (χ2v) is 6.08. The van der Waals surface area contributed by atoms with Crippen molar-refractivity contribution in [3.63, 3.8) is 0 Å². The number of amides is 1. The zero-order valence-corrected chi connectivity index (χ0v) is 12.6. The van der Waals surface area contributed by atoms with Crippen molar-refractivity contribution in [1.82, 2.24) is 10.3 Å². The van der Waals surface area contributed by atoms with Gasteiger partial charge >= 0.3 is 0 Å². The lowest BCUT2D eigenvalue weighted by Gasteiger charge is -2.17. The number of aromatic nitrogens is 1. The summed E-state index contributed by atoms with van der Waals surface area (Å²) in [4.78, 5) is 16.8. The van der Waals surface area contributed by atoms with E-state index in [0.717, 1.165) is 29.0 Å². The standard InChI is InChI=1S/C17H15ClN2O2/c18-13-5-1-3-10-6-7-14(15(10)13)20-16(21)12-9-22-17-11(12)4-2-8-19-17/h1-5,8,12,14H,6-7,9H2,(H,20,21)/t12-,14+/m1/s1. The Morgan fingerprint density at radius 2 is 2.23 bits per heavy atom. The summed E-state index contributed by atoms with van der Waals surface area (Å²) in [6, 6.07) is 9.62. The van der Waals surface area contributed by atoms with Crippen LogP contribution in [-0.4, -0.2) is 17.5 Å². The molecule has 22 heavy (non-hydrogen) atoms. The Morgan fingerprint density at radius 1 is 1.32 bits per heavy atom. The Bertz CT molecular complexity index is 747. The van der Waals surface area contributed by atoms with E-state index in [9.17, 15) is 4.79 Å². The molecule has 0 saturated heterocycles. The van der Waals surface area contributed by atoms with Crippen molar-refractivity contribution in [2.75, 3.05) is 6.61 Å².